The number of halogens is 4. The van der Waals surface area contributed by atoms with Crippen LogP contribution in [0.3, 0.4) is 0 Å². The molecule has 0 radical (unpaired) electrons. The standard InChI is InChI=1S/C28H29F4N3O7/c1-5-15-7-6-8-16(29)24(15)35-28(41)27(40)33-14(4)26(39)34-19(9-10-21(37)38)20(36)12-42-25-22(13(2)3)17(30)11-18(31)23(25)32/h6-8,11,14,19H,2,5,9-10,12H2,1,3-4H3,(H,33,40)(H,34,39)(H,35,41)(H,37,38)/t14-,19+/m0/s1. The van der Waals surface area contributed by atoms with Crippen LogP contribution in [-0.2, 0) is 30.4 Å². The molecule has 0 aliphatic heterocycles. The van der Waals surface area contributed by atoms with Crippen molar-refractivity contribution < 1.29 is 51.4 Å². The molecular formula is C28H29F4N3O7. The first kappa shape index (κ1) is 33.5. The van der Waals surface area contributed by atoms with Crippen molar-refractivity contribution in [1.82, 2.24) is 10.6 Å². The fraction of sp³-hybridized carbons (Fsp3) is 0.321. The van der Waals surface area contributed by atoms with Gasteiger partial charge < -0.3 is 25.8 Å². The molecule has 10 nitrogen and oxygen atoms in total. The second-order valence-electron chi connectivity index (χ2n) is 9.16. The number of carbonyl (C=O) groups is 5. The second kappa shape index (κ2) is 14.8. The van der Waals surface area contributed by atoms with Gasteiger partial charge in [-0.05, 0) is 43.9 Å². The molecule has 0 heterocycles. The van der Waals surface area contributed by atoms with E-state index >= 15 is 0 Å². The number of carboxylic acids is 1. The van der Waals surface area contributed by atoms with E-state index in [4.69, 9.17) is 9.84 Å². The van der Waals surface area contributed by atoms with E-state index in [9.17, 15) is 41.5 Å². The molecule has 14 heteroatoms. The highest BCUT2D eigenvalue weighted by molar-refractivity contribution is 6.40. The summed E-state index contributed by atoms with van der Waals surface area (Å²) in [6, 6.07) is 1.33. The third-order valence-corrected chi connectivity index (χ3v) is 5.93. The Labute approximate surface area is 238 Å². The lowest BCUT2D eigenvalue weighted by Gasteiger charge is -2.21. The maximum absolute atomic E-state index is 14.4. The number of carboxylic acid groups (broad SMARTS) is 1. The summed E-state index contributed by atoms with van der Waals surface area (Å²) in [5.74, 6) is -12.0. The van der Waals surface area contributed by atoms with E-state index in [1.165, 1.54) is 13.0 Å². The molecule has 0 bridgehead atoms. The second-order valence-corrected chi connectivity index (χ2v) is 9.16. The van der Waals surface area contributed by atoms with Crippen LogP contribution in [0.4, 0.5) is 23.2 Å². The van der Waals surface area contributed by atoms with Gasteiger partial charge in [-0.25, -0.2) is 13.2 Å². The molecule has 226 valence electrons. The summed E-state index contributed by atoms with van der Waals surface area (Å²) >= 11 is 0. The quantitative estimate of drug-likeness (QED) is 0.158. The number of rotatable bonds is 13. The van der Waals surface area contributed by atoms with E-state index in [0.29, 0.717) is 12.0 Å². The zero-order chi connectivity index (χ0) is 31.7. The van der Waals surface area contributed by atoms with Crippen LogP contribution in [0.2, 0.25) is 0 Å². The summed E-state index contributed by atoms with van der Waals surface area (Å²) < 4.78 is 61.5. The van der Waals surface area contributed by atoms with Gasteiger partial charge in [0.05, 0.1) is 17.3 Å². The molecule has 0 aromatic heterocycles. The van der Waals surface area contributed by atoms with Gasteiger partial charge in [0.25, 0.3) is 0 Å². The molecule has 2 aromatic carbocycles. The van der Waals surface area contributed by atoms with E-state index in [2.05, 4.69) is 22.5 Å². The summed E-state index contributed by atoms with van der Waals surface area (Å²) in [5.41, 5.74) is -0.357. The van der Waals surface area contributed by atoms with Gasteiger partial charge in [-0.1, -0.05) is 25.6 Å². The summed E-state index contributed by atoms with van der Waals surface area (Å²) in [7, 11) is 0. The molecule has 0 aliphatic carbocycles. The smallest absolute Gasteiger partial charge is 0.313 e. The first-order valence-corrected chi connectivity index (χ1v) is 12.6. The Morgan fingerprint density at radius 1 is 1.00 bits per heavy atom. The Balaban J connectivity index is 2.12. The van der Waals surface area contributed by atoms with Crippen LogP contribution in [0.1, 0.15) is 44.7 Å². The molecule has 2 rings (SSSR count). The minimum atomic E-state index is -1.59. The first-order valence-electron chi connectivity index (χ1n) is 12.6. The van der Waals surface area contributed by atoms with Crippen molar-refractivity contribution >= 4 is 40.7 Å². The number of hydrogen-bond acceptors (Lipinski definition) is 6. The number of benzene rings is 2. The van der Waals surface area contributed by atoms with Crippen LogP contribution in [0.25, 0.3) is 5.57 Å². The summed E-state index contributed by atoms with van der Waals surface area (Å²) in [6.45, 7) is 6.58. The Morgan fingerprint density at radius 3 is 2.26 bits per heavy atom. The van der Waals surface area contributed by atoms with Gasteiger partial charge in [0.2, 0.25) is 11.7 Å². The third-order valence-electron chi connectivity index (χ3n) is 5.93. The fourth-order valence-electron chi connectivity index (χ4n) is 3.73. The van der Waals surface area contributed by atoms with E-state index in [-0.39, 0.29) is 17.3 Å². The van der Waals surface area contributed by atoms with E-state index in [1.807, 2.05) is 0 Å². The van der Waals surface area contributed by atoms with Crippen molar-refractivity contribution in [2.24, 2.45) is 0 Å². The van der Waals surface area contributed by atoms with E-state index in [0.717, 1.165) is 13.0 Å². The maximum atomic E-state index is 14.4. The lowest BCUT2D eigenvalue weighted by Crippen LogP contribution is -2.52. The van der Waals surface area contributed by atoms with Crippen molar-refractivity contribution in [2.45, 2.75) is 52.1 Å². The Hall–Kier alpha value is -4.75. The highest BCUT2D eigenvalue weighted by Gasteiger charge is 2.28. The van der Waals surface area contributed by atoms with Crippen molar-refractivity contribution in [3.8, 4) is 5.75 Å². The predicted octanol–water partition coefficient (Wildman–Crippen LogP) is 3.28. The summed E-state index contributed by atoms with van der Waals surface area (Å²) in [5, 5.41) is 15.4. The zero-order valence-electron chi connectivity index (χ0n) is 22.9. The molecule has 0 aliphatic rings. The van der Waals surface area contributed by atoms with Crippen molar-refractivity contribution in [3.05, 3.63) is 65.2 Å². The minimum Gasteiger partial charge on any atom is -0.482 e. The van der Waals surface area contributed by atoms with Crippen molar-refractivity contribution in [2.75, 3.05) is 11.9 Å². The molecule has 2 aromatic rings. The number of ketones is 1. The average Bonchev–Trinajstić information content (AvgIpc) is 2.92. The number of ether oxygens (including phenoxy) is 1. The number of hydrogen-bond donors (Lipinski definition) is 4. The normalized spacial score (nSPS) is 12.1. The van der Waals surface area contributed by atoms with E-state index < -0.39 is 95.6 Å². The van der Waals surface area contributed by atoms with Gasteiger partial charge >= 0.3 is 17.8 Å². The van der Waals surface area contributed by atoms with Crippen molar-refractivity contribution in [1.29, 1.82) is 0 Å². The van der Waals surface area contributed by atoms with Crippen molar-refractivity contribution in [3.63, 3.8) is 0 Å². The Kier molecular flexibility index (Phi) is 11.8. The highest BCUT2D eigenvalue weighted by atomic mass is 19.2. The molecule has 0 saturated carbocycles. The van der Waals surface area contributed by atoms with Gasteiger partial charge in [-0.3, -0.25) is 24.0 Å². The largest absolute Gasteiger partial charge is 0.482 e. The zero-order valence-corrected chi connectivity index (χ0v) is 22.9. The van der Waals surface area contributed by atoms with Gasteiger partial charge in [-0.2, -0.15) is 4.39 Å². The lowest BCUT2D eigenvalue weighted by atomic mass is 10.1. The minimum absolute atomic E-state index is 0.0425. The van der Waals surface area contributed by atoms with Crippen LogP contribution in [0, 0.1) is 23.3 Å². The molecule has 3 amide bonds. The van der Waals surface area contributed by atoms with Gasteiger partial charge in [0.1, 0.15) is 24.3 Å². The van der Waals surface area contributed by atoms with Gasteiger partial charge in [-0.15, -0.1) is 0 Å². The van der Waals surface area contributed by atoms with Crippen LogP contribution in [0.15, 0.2) is 30.8 Å². The number of nitrogens with one attached hydrogen (secondary N) is 3. The number of carbonyl (C=O) groups excluding carboxylic acids is 4. The lowest BCUT2D eigenvalue weighted by molar-refractivity contribution is -0.139. The first-order chi connectivity index (χ1) is 19.7. The van der Waals surface area contributed by atoms with E-state index in [1.54, 1.807) is 13.0 Å². The number of anilines is 1. The predicted molar refractivity (Wildman–Crippen MR) is 142 cm³/mol. The number of Topliss-reactive ketones (excluding diaryl/α,β-unsaturated/α-hetero) is 1. The number of aryl methyl sites for hydroxylation is 1. The molecule has 0 saturated heterocycles. The number of amides is 3. The number of aliphatic carboxylic acids is 1. The Morgan fingerprint density at radius 2 is 1.67 bits per heavy atom. The van der Waals surface area contributed by atoms with Crippen LogP contribution in [-0.4, -0.2) is 53.3 Å². The topological polar surface area (TPSA) is 151 Å². The molecule has 42 heavy (non-hydrogen) atoms. The monoisotopic (exact) mass is 595 g/mol. The molecule has 0 unspecified atom stereocenters. The van der Waals surface area contributed by atoms with Crippen LogP contribution < -0.4 is 20.7 Å². The fourth-order valence-corrected chi connectivity index (χ4v) is 3.73. The molecular weight excluding hydrogens is 566 g/mol. The van der Waals surface area contributed by atoms with Gasteiger partial charge in [0, 0.05) is 12.5 Å². The van der Waals surface area contributed by atoms with Crippen LogP contribution in [0.5, 0.6) is 5.75 Å². The summed E-state index contributed by atoms with van der Waals surface area (Å²) in [4.78, 5) is 61.3. The number of allylic oxidation sites excluding steroid dienone is 1. The SMILES string of the molecule is C=C(C)c1c(F)cc(F)c(F)c1OCC(=O)[C@@H](CCC(=O)O)NC(=O)[C@H](C)NC(=O)C(=O)Nc1c(F)cccc1CC. The molecule has 4 N–H and O–H groups in total. The summed E-state index contributed by atoms with van der Waals surface area (Å²) in [6.07, 6.45) is -0.731. The average molecular weight is 596 g/mol. The van der Waals surface area contributed by atoms with Crippen LogP contribution >= 0.6 is 0 Å². The molecule has 0 spiro atoms. The Bertz CT molecular complexity index is 1410. The highest BCUT2D eigenvalue weighted by Crippen LogP contribution is 2.32. The van der Waals surface area contributed by atoms with Gasteiger partial charge in [0.15, 0.2) is 17.3 Å². The number of para-hydroxylation sites is 1. The molecule has 2 atom stereocenters. The third kappa shape index (κ3) is 8.62. The molecule has 0 fully saturated rings. The maximum Gasteiger partial charge on any atom is 0.313 e.